The maximum absolute atomic E-state index is 5.95. The van der Waals surface area contributed by atoms with E-state index >= 15 is 0 Å². The SMILES string of the molecule is C.Nc1ccccc1OCc1ccc(-c2ccc(-c3ccc(Nc4ccccc4)cc3)cc2)cc1.c1ccccc1. The van der Waals surface area contributed by atoms with Crippen LogP contribution in [-0.4, -0.2) is 0 Å². The molecule has 204 valence electrons. The van der Waals surface area contributed by atoms with Gasteiger partial charge in [0.05, 0.1) is 5.69 Å². The highest BCUT2D eigenvalue weighted by Crippen LogP contribution is 2.27. The number of nitrogens with two attached hydrogens (primary N) is 1. The van der Waals surface area contributed by atoms with E-state index in [9.17, 15) is 0 Å². The molecule has 0 saturated carbocycles. The fourth-order valence-corrected chi connectivity index (χ4v) is 4.24. The molecule has 0 heterocycles. The van der Waals surface area contributed by atoms with E-state index in [1.807, 2.05) is 78.9 Å². The Balaban J connectivity index is 0.000000493. The molecule has 3 nitrogen and oxygen atoms in total. The number of nitrogen functional groups attached to an aromatic ring is 1. The Labute approximate surface area is 243 Å². The van der Waals surface area contributed by atoms with Crippen molar-refractivity contribution in [2.24, 2.45) is 0 Å². The first kappa shape index (κ1) is 28.7. The lowest BCUT2D eigenvalue weighted by molar-refractivity contribution is 0.308. The number of hydrogen-bond acceptors (Lipinski definition) is 3. The molecule has 0 saturated heterocycles. The van der Waals surface area contributed by atoms with Gasteiger partial charge in [0.1, 0.15) is 12.4 Å². The zero-order valence-corrected chi connectivity index (χ0v) is 22.3. The summed E-state index contributed by atoms with van der Waals surface area (Å²) in [6.45, 7) is 0.489. The molecule has 0 aliphatic carbocycles. The maximum atomic E-state index is 5.95. The van der Waals surface area contributed by atoms with E-state index in [-0.39, 0.29) is 7.43 Å². The number of rotatable bonds is 7. The summed E-state index contributed by atoms with van der Waals surface area (Å²) in [5.74, 6) is 0.714. The second-order valence-corrected chi connectivity index (χ2v) is 9.32. The van der Waals surface area contributed by atoms with Crippen LogP contribution in [-0.2, 0) is 6.61 Å². The van der Waals surface area contributed by atoms with Crippen molar-refractivity contribution < 1.29 is 4.74 Å². The van der Waals surface area contributed by atoms with Gasteiger partial charge in [0, 0.05) is 11.4 Å². The maximum Gasteiger partial charge on any atom is 0.142 e. The van der Waals surface area contributed by atoms with E-state index in [0.29, 0.717) is 18.0 Å². The zero-order chi connectivity index (χ0) is 27.4. The molecule has 6 aromatic carbocycles. The molecule has 6 rings (SSSR count). The molecule has 0 radical (unpaired) electrons. The average molecular weight is 537 g/mol. The predicted molar refractivity (Wildman–Crippen MR) is 175 cm³/mol. The molecule has 0 spiro atoms. The van der Waals surface area contributed by atoms with E-state index in [1.54, 1.807) is 0 Å². The van der Waals surface area contributed by atoms with Crippen molar-refractivity contribution in [3.8, 4) is 28.0 Å². The van der Waals surface area contributed by atoms with Crippen molar-refractivity contribution in [3.63, 3.8) is 0 Å². The average Bonchev–Trinajstić information content (AvgIpc) is 3.03. The fourth-order valence-electron chi connectivity index (χ4n) is 4.24. The van der Waals surface area contributed by atoms with Crippen LogP contribution in [0.1, 0.15) is 13.0 Å². The Morgan fingerprint density at radius 1 is 0.439 bits per heavy atom. The van der Waals surface area contributed by atoms with Crippen LogP contribution in [0.3, 0.4) is 0 Å². The fraction of sp³-hybridized carbons (Fsp3) is 0.0526. The summed E-state index contributed by atoms with van der Waals surface area (Å²) in [6, 6.07) is 55.4. The van der Waals surface area contributed by atoms with Gasteiger partial charge in [-0.15, -0.1) is 0 Å². The van der Waals surface area contributed by atoms with Crippen LogP contribution in [0.5, 0.6) is 5.75 Å². The van der Waals surface area contributed by atoms with Crippen molar-refractivity contribution in [1.29, 1.82) is 0 Å². The number of benzene rings is 6. The van der Waals surface area contributed by atoms with Gasteiger partial charge in [-0.1, -0.05) is 135 Å². The van der Waals surface area contributed by atoms with Gasteiger partial charge in [0.25, 0.3) is 0 Å². The molecule has 0 unspecified atom stereocenters. The van der Waals surface area contributed by atoms with E-state index in [4.69, 9.17) is 10.5 Å². The van der Waals surface area contributed by atoms with Crippen molar-refractivity contribution in [2.75, 3.05) is 11.1 Å². The van der Waals surface area contributed by atoms with Crippen LogP contribution in [0.4, 0.5) is 17.1 Å². The lowest BCUT2D eigenvalue weighted by Gasteiger charge is -2.10. The first-order valence-corrected chi connectivity index (χ1v) is 13.3. The van der Waals surface area contributed by atoms with Gasteiger partial charge in [0.2, 0.25) is 0 Å². The summed E-state index contributed by atoms with van der Waals surface area (Å²) in [5.41, 5.74) is 14.6. The highest BCUT2D eigenvalue weighted by atomic mass is 16.5. The Morgan fingerprint density at radius 3 is 1.34 bits per heavy atom. The normalized spacial score (nSPS) is 9.95. The van der Waals surface area contributed by atoms with E-state index < -0.39 is 0 Å². The molecule has 0 aliphatic rings. The van der Waals surface area contributed by atoms with Crippen molar-refractivity contribution in [2.45, 2.75) is 14.0 Å². The minimum Gasteiger partial charge on any atom is -0.487 e. The standard InChI is InChI=1S/C31H26N2O.C6H6.CH4/c32-30-8-4-5-9-31(30)34-22-23-10-12-24(13-11-23)25-14-16-26(17-15-25)27-18-20-29(21-19-27)33-28-6-2-1-3-7-28;1-2-4-6-5-3-1;/h1-21,33H,22,32H2;1-6H;1H4. The third kappa shape index (κ3) is 8.35. The first-order valence-electron chi connectivity index (χ1n) is 13.3. The van der Waals surface area contributed by atoms with E-state index in [0.717, 1.165) is 16.9 Å². The molecule has 6 aromatic rings. The number of nitrogens with one attached hydrogen (secondary N) is 1. The Morgan fingerprint density at radius 2 is 0.829 bits per heavy atom. The van der Waals surface area contributed by atoms with Gasteiger partial charge < -0.3 is 15.8 Å². The van der Waals surface area contributed by atoms with Gasteiger partial charge >= 0.3 is 0 Å². The summed E-state index contributed by atoms with van der Waals surface area (Å²) in [4.78, 5) is 0. The van der Waals surface area contributed by atoms with Crippen LogP contribution < -0.4 is 15.8 Å². The van der Waals surface area contributed by atoms with Crippen LogP contribution in [0, 0.1) is 0 Å². The molecule has 0 aromatic heterocycles. The largest absolute Gasteiger partial charge is 0.487 e. The Hall–Kier alpha value is -5.28. The van der Waals surface area contributed by atoms with Crippen LogP contribution in [0.2, 0.25) is 0 Å². The minimum atomic E-state index is 0. The van der Waals surface area contributed by atoms with E-state index in [1.165, 1.54) is 22.3 Å². The smallest absolute Gasteiger partial charge is 0.142 e. The molecule has 0 fully saturated rings. The molecular weight excluding hydrogens is 500 g/mol. The molecular formula is C38H36N2O. The second kappa shape index (κ2) is 14.8. The van der Waals surface area contributed by atoms with Gasteiger partial charge in [-0.2, -0.15) is 0 Å². The molecule has 3 heteroatoms. The van der Waals surface area contributed by atoms with E-state index in [2.05, 4.69) is 90.2 Å². The lowest BCUT2D eigenvalue weighted by atomic mass is 9.99. The third-order valence-electron chi connectivity index (χ3n) is 6.43. The van der Waals surface area contributed by atoms with Crippen molar-refractivity contribution in [3.05, 3.63) is 169 Å². The molecule has 0 aliphatic heterocycles. The topological polar surface area (TPSA) is 47.3 Å². The quantitative estimate of drug-likeness (QED) is 0.200. The highest BCUT2D eigenvalue weighted by molar-refractivity contribution is 5.72. The van der Waals surface area contributed by atoms with Crippen molar-refractivity contribution in [1.82, 2.24) is 0 Å². The minimum absolute atomic E-state index is 0. The third-order valence-corrected chi connectivity index (χ3v) is 6.43. The first-order chi connectivity index (χ1) is 19.7. The lowest BCUT2D eigenvalue weighted by Crippen LogP contribution is -1.98. The van der Waals surface area contributed by atoms with Gasteiger partial charge in [-0.25, -0.2) is 0 Å². The summed E-state index contributed by atoms with van der Waals surface area (Å²) in [5, 5.41) is 3.42. The highest BCUT2D eigenvalue weighted by Gasteiger charge is 2.04. The van der Waals surface area contributed by atoms with Crippen LogP contribution in [0.25, 0.3) is 22.3 Å². The van der Waals surface area contributed by atoms with Gasteiger partial charge in [0.15, 0.2) is 0 Å². The molecule has 0 amide bonds. The van der Waals surface area contributed by atoms with Crippen molar-refractivity contribution >= 4 is 17.1 Å². The number of hydrogen-bond donors (Lipinski definition) is 2. The summed E-state index contributed by atoms with van der Waals surface area (Å²) >= 11 is 0. The van der Waals surface area contributed by atoms with Crippen LogP contribution in [0.15, 0.2) is 164 Å². The summed E-state index contributed by atoms with van der Waals surface area (Å²) in [6.07, 6.45) is 0. The van der Waals surface area contributed by atoms with Gasteiger partial charge in [-0.05, 0) is 64.2 Å². The van der Waals surface area contributed by atoms with Gasteiger partial charge in [-0.3, -0.25) is 0 Å². The Bertz CT molecular complexity index is 1550. The monoisotopic (exact) mass is 536 g/mol. The summed E-state index contributed by atoms with van der Waals surface area (Å²) < 4.78 is 5.85. The predicted octanol–water partition coefficient (Wildman–Crippen LogP) is 10.2. The van der Waals surface area contributed by atoms with Crippen LogP contribution >= 0.6 is 0 Å². The Kier molecular flexibility index (Phi) is 10.3. The zero-order valence-electron chi connectivity index (χ0n) is 22.3. The summed E-state index contributed by atoms with van der Waals surface area (Å²) in [7, 11) is 0. The second-order valence-electron chi connectivity index (χ2n) is 9.32. The molecule has 3 N–H and O–H groups in total. The number of para-hydroxylation sites is 3. The number of ether oxygens (including phenoxy) is 1. The molecule has 0 bridgehead atoms. The molecule has 0 atom stereocenters. The molecule has 41 heavy (non-hydrogen) atoms. The number of anilines is 3.